The quantitative estimate of drug-likeness (QED) is 0.359. The molecule has 7 nitrogen and oxygen atoms in total. The van der Waals surface area contributed by atoms with Crippen molar-refractivity contribution in [2.75, 3.05) is 12.4 Å². The summed E-state index contributed by atoms with van der Waals surface area (Å²) in [4.78, 5) is 4.69. The van der Waals surface area contributed by atoms with E-state index in [1.165, 1.54) is 13.3 Å². The van der Waals surface area contributed by atoms with E-state index in [0.717, 1.165) is 21.5 Å². The number of pyridine rings is 1. The first kappa shape index (κ1) is 18.5. The molecule has 4 aromatic rings. The highest BCUT2D eigenvalue weighted by Gasteiger charge is 2.15. The Hall–Kier alpha value is -2.84. The molecule has 0 saturated carbocycles. The molecule has 0 radical (unpaired) electrons. The van der Waals surface area contributed by atoms with Crippen LogP contribution in [0.5, 0.6) is 5.88 Å². The van der Waals surface area contributed by atoms with E-state index in [0.29, 0.717) is 22.5 Å². The number of benzene rings is 1. The van der Waals surface area contributed by atoms with E-state index in [1.807, 2.05) is 36.4 Å². The van der Waals surface area contributed by atoms with E-state index < -0.39 is 0 Å². The molecule has 9 heteroatoms. The predicted molar refractivity (Wildman–Crippen MR) is 110 cm³/mol. The second-order valence-electron chi connectivity index (χ2n) is 6.01. The number of rotatable bonds is 5. The molecular weight excluding hydrogens is 446 g/mol. The lowest BCUT2D eigenvalue weighted by Gasteiger charge is -2.12. The van der Waals surface area contributed by atoms with Gasteiger partial charge in [-0.05, 0) is 22.0 Å². The molecule has 0 aliphatic rings. The topological polar surface area (TPSA) is 78.4 Å². The highest BCUT2D eigenvalue weighted by Crippen LogP contribution is 2.26. The zero-order valence-corrected chi connectivity index (χ0v) is 17.1. The van der Waals surface area contributed by atoms with Gasteiger partial charge in [0.2, 0.25) is 0 Å². The van der Waals surface area contributed by atoms with Crippen molar-refractivity contribution >= 4 is 39.0 Å². The average Bonchev–Trinajstić information content (AvgIpc) is 3.08. The van der Waals surface area contributed by atoms with Crippen LogP contribution in [0, 0.1) is 5.21 Å². The number of nitrogens with one attached hydrogen (secondary N) is 1. The smallest absolute Gasteiger partial charge is 0.398 e. The van der Waals surface area contributed by atoms with Gasteiger partial charge in [0.15, 0.2) is 16.9 Å². The van der Waals surface area contributed by atoms with Crippen LogP contribution in [0.1, 0.15) is 5.56 Å². The molecule has 1 aromatic carbocycles. The van der Waals surface area contributed by atoms with Gasteiger partial charge in [-0.1, -0.05) is 41.9 Å². The number of ether oxygens (including phenoxy) is 1. The maximum absolute atomic E-state index is 12.0. The second kappa shape index (κ2) is 7.65. The van der Waals surface area contributed by atoms with Crippen LogP contribution in [0.4, 0.5) is 5.82 Å². The largest absolute Gasteiger partial charge is 0.616 e. The third-order valence-electron chi connectivity index (χ3n) is 4.16. The third kappa shape index (κ3) is 3.48. The number of aromatic nitrogens is 4. The van der Waals surface area contributed by atoms with Crippen LogP contribution < -0.4 is 14.8 Å². The van der Waals surface area contributed by atoms with Gasteiger partial charge < -0.3 is 15.3 Å². The van der Waals surface area contributed by atoms with Gasteiger partial charge in [0, 0.05) is 23.7 Å². The van der Waals surface area contributed by atoms with Crippen LogP contribution in [-0.2, 0) is 6.54 Å². The van der Waals surface area contributed by atoms with Crippen LogP contribution in [0.25, 0.3) is 16.9 Å². The fraction of sp³-hybridized carbons (Fsp3) is 0.105. The molecule has 0 aliphatic carbocycles. The molecule has 3 aromatic heterocycles. The molecular formula is C19H15BrClN5O2. The fourth-order valence-electron chi connectivity index (χ4n) is 2.87. The Balaban J connectivity index is 1.70. The van der Waals surface area contributed by atoms with E-state index >= 15 is 0 Å². The molecule has 0 amide bonds. The lowest BCUT2D eigenvalue weighted by atomic mass is 10.1. The van der Waals surface area contributed by atoms with E-state index in [9.17, 15) is 5.21 Å². The maximum atomic E-state index is 12.0. The molecule has 3 heterocycles. The van der Waals surface area contributed by atoms with Gasteiger partial charge in [-0.3, -0.25) is 0 Å². The van der Waals surface area contributed by atoms with Crippen molar-refractivity contribution in [1.82, 2.24) is 14.6 Å². The van der Waals surface area contributed by atoms with Crippen molar-refractivity contribution in [1.29, 1.82) is 0 Å². The molecule has 0 unspecified atom stereocenters. The van der Waals surface area contributed by atoms with Crippen molar-refractivity contribution in [3.05, 3.63) is 75.1 Å². The molecule has 0 aliphatic heterocycles. The van der Waals surface area contributed by atoms with Crippen molar-refractivity contribution in [3.63, 3.8) is 0 Å². The predicted octanol–water partition coefficient (Wildman–Crippen LogP) is 4.07. The Kier molecular flexibility index (Phi) is 5.06. The number of hydrogen-bond donors (Lipinski definition) is 1. The van der Waals surface area contributed by atoms with Crippen LogP contribution in [0.15, 0.2) is 59.3 Å². The molecule has 0 atom stereocenters. The van der Waals surface area contributed by atoms with Crippen molar-refractivity contribution in [2.45, 2.75) is 6.54 Å². The Labute approximate surface area is 174 Å². The molecule has 1 N–H and O–H groups in total. The summed E-state index contributed by atoms with van der Waals surface area (Å²) in [5.41, 5.74) is 3.20. The summed E-state index contributed by atoms with van der Waals surface area (Å²) in [6, 6.07) is 13.5. The minimum Gasteiger partial charge on any atom is -0.616 e. The number of halogens is 2. The summed E-state index contributed by atoms with van der Waals surface area (Å²) in [5.74, 6) is 0.804. The van der Waals surface area contributed by atoms with E-state index in [2.05, 4.69) is 26.3 Å². The van der Waals surface area contributed by atoms with Crippen molar-refractivity contribution in [2.24, 2.45) is 0 Å². The zero-order chi connectivity index (χ0) is 19.7. The zero-order valence-electron chi connectivity index (χ0n) is 14.8. The third-order valence-corrected chi connectivity index (χ3v) is 5.00. The Bertz CT molecular complexity index is 1130. The average molecular weight is 461 g/mol. The van der Waals surface area contributed by atoms with Crippen LogP contribution in [0.3, 0.4) is 0 Å². The molecule has 0 spiro atoms. The molecule has 4 rings (SSSR count). The maximum Gasteiger partial charge on any atom is 0.398 e. The number of hydrogen-bond acceptors (Lipinski definition) is 5. The summed E-state index contributed by atoms with van der Waals surface area (Å²) in [6.45, 7) is 0.372. The summed E-state index contributed by atoms with van der Waals surface area (Å²) >= 11 is 9.60. The molecule has 0 saturated heterocycles. The highest BCUT2D eigenvalue weighted by atomic mass is 79.9. The standard InChI is InChI=1S/C19H15BrClN5O2/c1-28-19-15(21)7-12(11-25(19)27)9-22-17-8-16(13-5-3-2-4-6-13)24-18-14(20)10-23-26(17)18/h2-8,10-11,22H,9H2,1H3. The first-order chi connectivity index (χ1) is 13.6. The van der Waals surface area contributed by atoms with Gasteiger partial charge in [0.25, 0.3) is 0 Å². The first-order valence-electron chi connectivity index (χ1n) is 8.36. The van der Waals surface area contributed by atoms with Gasteiger partial charge in [-0.2, -0.15) is 9.61 Å². The van der Waals surface area contributed by atoms with Crippen LogP contribution in [-0.4, -0.2) is 21.7 Å². The molecule has 0 bridgehead atoms. The lowest BCUT2D eigenvalue weighted by Crippen LogP contribution is -2.29. The SMILES string of the molecule is COc1c(Cl)cc(CNc2cc(-c3ccccc3)nc3c(Br)cnn23)c[n+]1[O-]. The summed E-state index contributed by atoms with van der Waals surface area (Å²) in [7, 11) is 1.40. The number of nitrogens with zero attached hydrogens (tertiary/aromatic N) is 4. The van der Waals surface area contributed by atoms with Gasteiger partial charge >= 0.3 is 5.88 Å². The van der Waals surface area contributed by atoms with E-state index in [-0.39, 0.29) is 10.9 Å². The normalized spacial score (nSPS) is 11.0. The number of fused-ring (bicyclic) bond motifs is 1. The van der Waals surface area contributed by atoms with E-state index in [1.54, 1.807) is 16.8 Å². The van der Waals surface area contributed by atoms with Crippen LogP contribution in [0.2, 0.25) is 5.02 Å². The first-order valence-corrected chi connectivity index (χ1v) is 9.53. The van der Waals surface area contributed by atoms with Gasteiger partial charge in [-0.15, -0.1) is 4.73 Å². The number of anilines is 1. The molecule has 142 valence electrons. The van der Waals surface area contributed by atoms with Crippen LogP contribution >= 0.6 is 27.5 Å². The Morgan fingerprint density at radius 2 is 2.07 bits per heavy atom. The lowest BCUT2D eigenvalue weighted by molar-refractivity contribution is -0.612. The van der Waals surface area contributed by atoms with Crippen molar-refractivity contribution in [3.8, 4) is 17.1 Å². The van der Waals surface area contributed by atoms with Crippen molar-refractivity contribution < 1.29 is 9.47 Å². The summed E-state index contributed by atoms with van der Waals surface area (Å²) in [6.07, 6.45) is 3.12. The molecule has 0 fully saturated rings. The van der Waals surface area contributed by atoms with Gasteiger partial charge in [0.1, 0.15) is 5.82 Å². The minimum absolute atomic E-state index is 0.0686. The Morgan fingerprint density at radius 3 is 2.79 bits per heavy atom. The monoisotopic (exact) mass is 459 g/mol. The van der Waals surface area contributed by atoms with Gasteiger partial charge in [-0.25, -0.2) is 4.98 Å². The highest BCUT2D eigenvalue weighted by molar-refractivity contribution is 9.10. The second-order valence-corrected chi connectivity index (χ2v) is 7.27. The minimum atomic E-state index is 0.0686. The summed E-state index contributed by atoms with van der Waals surface area (Å²) in [5, 5.41) is 19.9. The van der Waals surface area contributed by atoms with E-state index in [4.69, 9.17) is 21.3 Å². The summed E-state index contributed by atoms with van der Waals surface area (Å²) < 4.78 is 8.09. The van der Waals surface area contributed by atoms with Gasteiger partial charge in [0.05, 0.1) is 23.5 Å². The number of methoxy groups -OCH3 is 1. The molecule has 28 heavy (non-hydrogen) atoms. The Morgan fingerprint density at radius 1 is 1.29 bits per heavy atom. The fourth-order valence-corrected chi connectivity index (χ4v) is 3.52.